The first kappa shape index (κ1) is 15.9. The second-order valence-electron chi connectivity index (χ2n) is 4.94. The molecule has 1 fully saturated rings. The van der Waals surface area contributed by atoms with Gasteiger partial charge in [-0.3, -0.25) is 19.7 Å². The monoisotopic (exact) mass is 287 g/mol. The summed E-state index contributed by atoms with van der Waals surface area (Å²) in [6, 6.07) is -1.54. The molecular weight excluding hydrogens is 270 g/mol. The highest BCUT2D eigenvalue weighted by molar-refractivity contribution is 6.03. The number of carboxylic acids is 1. The molecule has 112 valence electrons. The van der Waals surface area contributed by atoms with E-state index in [4.69, 9.17) is 5.11 Å². The molecule has 4 N–H and O–H groups in total. The molecule has 4 amide bonds. The molecule has 20 heavy (non-hydrogen) atoms. The van der Waals surface area contributed by atoms with Gasteiger partial charge in [0, 0.05) is 6.54 Å². The van der Waals surface area contributed by atoms with Gasteiger partial charge in [-0.25, -0.2) is 4.79 Å². The highest BCUT2D eigenvalue weighted by atomic mass is 16.4. The molecule has 9 nitrogen and oxygen atoms in total. The van der Waals surface area contributed by atoms with Crippen LogP contribution in [0.3, 0.4) is 0 Å². The summed E-state index contributed by atoms with van der Waals surface area (Å²) in [4.78, 5) is 46.0. The Morgan fingerprint density at radius 3 is 2.65 bits per heavy atom. The maximum absolute atomic E-state index is 11.9. The van der Waals surface area contributed by atoms with E-state index in [1.54, 1.807) is 0 Å². The van der Waals surface area contributed by atoms with E-state index in [9.17, 15) is 24.3 Å². The second kappa shape index (κ2) is 5.87. The van der Waals surface area contributed by atoms with Crippen LogP contribution in [-0.4, -0.2) is 63.7 Å². The fourth-order valence-corrected chi connectivity index (χ4v) is 1.72. The molecule has 0 spiro atoms. The van der Waals surface area contributed by atoms with Crippen molar-refractivity contribution in [1.82, 2.24) is 15.5 Å². The fraction of sp³-hybridized carbons (Fsp3) is 0.636. The predicted octanol–water partition coefficient (Wildman–Crippen LogP) is -1.73. The molecule has 0 radical (unpaired) electrons. The molecule has 0 aromatic heterocycles. The summed E-state index contributed by atoms with van der Waals surface area (Å²) in [5, 5.41) is 22.7. The van der Waals surface area contributed by atoms with Gasteiger partial charge in [-0.2, -0.15) is 0 Å². The quantitative estimate of drug-likeness (QED) is 0.453. The molecule has 0 aromatic carbocycles. The van der Waals surface area contributed by atoms with Crippen LogP contribution >= 0.6 is 0 Å². The van der Waals surface area contributed by atoms with E-state index in [0.29, 0.717) is 0 Å². The van der Waals surface area contributed by atoms with Gasteiger partial charge >= 0.3 is 12.0 Å². The van der Waals surface area contributed by atoms with Crippen molar-refractivity contribution < 1.29 is 29.4 Å². The molecule has 0 aromatic rings. The third kappa shape index (κ3) is 4.19. The molecule has 1 rings (SSSR count). The summed E-state index contributed by atoms with van der Waals surface area (Å²) in [6.45, 7) is 2.13. The smallest absolute Gasteiger partial charge is 0.318 e. The van der Waals surface area contributed by atoms with Gasteiger partial charge in [0.15, 0.2) is 0 Å². The van der Waals surface area contributed by atoms with Crippen molar-refractivity contribution in [3.8, 4) is 0 Å². The van der Waals surface area contributed by atoms with Crippen LogP contribution in [0.15, 0.2) is 0 Å². The number of carboxylic acid groups (broad SMARTS) is 1. The number of carbonyl (C=O) groups excluding carboxylic acids is 3. The number of carbonyl (C=O) groups is 4. The molecule has 1 heterocycles. The first-order chi connectivity index (χ1) is 9.12. The molecule has 0 saturated carbocycles. The molecule has 1 aliphatic rings. The number of nitrogens with one attached hydrogen (secondary N) is 2. The lowest BCUT2D eigenvalue weighted by atomic mass is 10.0. The Kier molecular flexibility index (Phi) is 4.66. The Morgan fingerprint density at radius 1 is 1.50 bits per heavy atom. The molecule has 0 aliphatic carbocycles. The summed E-state index contributed by atoms with van der Waals surface area (Å²) in [5.41, 5.74) is -1.62. The molecule has 1 aliphatic heterocycles. The van der Waals surface area contributed by atoms with Crippen LogP contribution in [0.4, 0.5) is 4.79 Å². The molecule has 9 heteroatoms. The Hall–Kier alpha value is -2.16. The fourth-order valence-electron chi connectivity index (χ4n) is 1.72. The maximum Gasteiger partial charge on any atom is 0.318 e. The highest BCUT2D eigenvalue weighted by Crippen LogP contribution is 2.09. The van der Waals surface area contributed by atoms with Gasteiger partial charge in [0.25, 0.3) is 0 Å². The van der Waals surface area contributed by atoms with Gasteiger partial charge < -0.3 is 20.4 Å². The van der Waals surface area contributed by atoms with Crippen LogP contribution < -0.4 is 10.6 Å². The van der Waals surface area contributed by atoms with Gasteiger partial charge in [-0.1, -0.05) is 0 Å². The molecule has 2 atom stereocenters. The van der Waals surface area contributed by atoms with Crippen LogP contribution in [0.1, 0.15) is 20.3 Å². The number of rotatable bonds is 4. The van der Waals surface area contributed by atoms with Crippen LogP contribution in [-0.2, 0) is 14.4 Å². The number of hydrogen-bond donors (Lipinski definition) is 4. The zero-order valence-electron chi connectivity index (χ0n) is 11.2. The van der Waals surface area contributed by atoms with Crippen molar-refractivity contribution in [3.63, 3.8) is 0 Å². The summed E-state index contributed by atoms with van der Waals surface area (Å²) < 4.78 is 0. The van der Waals surface area contributed by atoms with Crippen molar-refractivity contribution in [3.05, 3.63) is 0 Å². The topological polar surface area (TPSA) is 136 Å². The minimum Gasteiger partial charge on any atom is -0.481 e. The normalized spacial score (nSPS) is 21.9. The number of nitrogens with zero attached hydrogens (tertiary/aromatic N) is 1. The van der Waals surface area contributed by atoms with Crippen molar-refractivity contribution in [2.24, 2.45) is 0 Å². The van der Waals surface area contributed by atoms with Gasteiger partial charge in [-0.15, -0.1) is 0 Å². The summed E-state index contributed by atoms with van der Waals surface area (Å²) in [5.74, 6) is -2.39. The number of hydrogen-bond acceptors (Lipinski definition) is 5. The van der Waals surface area contributed by atoms with E-state index < -0.39 is 41.9 Å². The third-order valence-corrected chi connectivity index (χ3v) is 2.84. The van der Waals surface area contributed by atoms with E-state index >= 15 is 0 Å². The standard InChI is InChI=1S/C11H17N3O6/c1-6-9(18)13-7(15)4-14(6)10(19)12-5-11(2,20)3-8(16)17/h6,20H,3-5H2,1-2H3,(H,12,19)(H,16,17)(H,13,15,18). The lowest BCUT2D eigenvalue weighted by Gasteiger charge is -2.32. The number of aliphatic hydroxyl groups is 1. The van der Waals surface area contributed by atoms with Crippen LogP contribution in [0.25, 0.3) is 0 Å². The van der Waals surface area contributed by atoms with E-state index in [2.05, 4.69) is 10.6 Å². The van der Waals surface area contributed by atoms with Gasteiger partial charge in [0.2, 0.25) is 11.8 Å². The average Bonchev–Trinajstić information content (AvgIpc) is 2.29. The van der Waals surface area contributed by atoms with E-state index in [1.807, 2.05) is 0 Å². The Bertz CT molecular complexity index is 447. The number of imide groups is 1. The molecular formula is C11H17N3O6. The van der Waals surface area contributed by atoms with Crippen molar-refractivity contribution in [1.29, 1.82) is 0 Å². The minimum atomic E-state index is -1.62. The predicted molar refractivity (Wildman–Crippen MR) is 65.6 cm³/mol. The van der Waals surface area contributed by atoms with Gasteiger partial charge in [0.1, 0.15) is 12.6 Å². The third-order valence-electron chi connectivity index (χ3n) is 2.84. The van der Waals surface area contributed by atoms with Crippen LogP contribution in [0, 0.1) is 0 Å². The summed E-state index contributed by atoms with van der Waals surface area (Å²) in [7, 11) is 0. The van der Waals surface area contributed by atoms with Crippen molar-refractivity contribution in [2.75, 3.05) is 13.1 Å². The average molecular weight is 287 g/mol. The number of urea groups is 1. The van der Waals surface area contributed by atoms with Gasteiger partial charge in [0.05, 0.1) is 12.0 Å². The summed E-state index contributed by atoms with van der Waals surface area (Å²) >= 11 is 0. The first-order valence-corrected chi connectivity index (χ1v) is 5.95. The number of aliphatic carboxylic acids is 1. The minimum absolute atomic E-state index is 0.278. The molecule has 1 saturated heterocycles. The second-order valence-corrected chi connectivity index (χ2v) is 4.94. The van der Waals surface area contributed by atoms with Gasteiger partial charge in [-0.05, 0) is 13.8 Å². The number of amides is 4. The van der Waals surface area contributed by atoms with E-state index in [0.717, 1.165) is 4.90 Å². The van der Waals surface area contributed by atoms with Crippen molar-refractivity contribution in [2.45, 2.75) is 31.9 Å². The Morgan fingerprint density at radius 2 is 2.10 bits per heavy atom. The maximum atomic E-state index is 11.9. The highest BCUT2D eigenvalue weighted by Gasteiger charge is 2.34. The van der Waals surface area contributed by atoms with Crippen LogP contribution in [0.2, 0.25) is 0 Å². The first-order valence-electron chi connectivity index (χ1n) is 5.95. The summed E-state index contributed by atoms with van der Waals surface area (Å²) in [6.07, 6.45) is -0.539. The zero-order chi connectivity index (χ0) is 15.5. The lowest BCUT2D eigenvalue weighted by molar-refractivity contribution is -0.141. The van der Waals surface area contributed by atoms with Crippen molar-refractivity contribution >= 4 is 23.8 Å². The van der Waals surface area contributed by atoms with E-state index in [-0.39, 0.29) is 13.1 Å². The molecule has 2 unspecified atom stereocenters. The SMILES string of the molecule is CC1C(=O)NC(=O)CN1C(=O)NCC(C)(O)CC(=O)O. The Balaban J connectivity index is 2.60. The Labute approximate surface area is 114 Å². The van der Waals surface area contributed by atoms with E-state index in [1.165, 1.54) is 13.8 Å². The largest absolute Gasteiger partial charge is 0.481 e. The number of piperazine rings is 1. The van der Waals surface area contributed by atoms with Crippen LogP contribution in [0.5, 0.6) is 0 Å². The lowest BCUT2D eigenvalue weighted by Crippen LogP contribution is -2.61. The zero-order valence-corrected chi connectivity index (χ0v) is 11.2. The molecule has 0 bridgehead atoms.